The highest BCUT2D eigenvalue weighted by Gasteiger charge is 2.34. The van der Waals surface area contributed by atoms with Crippen molar-refractivity contribution < 1.29 is 18.7 Å². The van der Waals surface area contributed by atoms with E-state index in [0.29, 0.717) is 34.6 Å². The van der Waals surface area contributed by atoms with Gasteiger partial charge in [0.05, 0.1) is 22.4 Å². The van der Waals surface area contributed by atoms with Crippen LogP contribution in [0.3, 0.4) is 0 Å². The monoisotopic (exact) mass is 652 g/mol. The number of aromatic nitrogens is 1. The Morgan fingerprint density at radius 1 is 0.978 bits per heavy atom. The van der Waals surface area contributed by atoms with E-state index in [4.69, 9.17) is 26.4 Å². The number of anilines is 3. The van der Waals surface area contributed by atoms with E-state index in [1.807, 2.05) is 74.5 Å². The number of unbranched alkanes of at least 4 members (excludes halogenated alkanes) is 2. The van der Waals surface area contributed by atoms with Gasteiger partial charge in [0.15, 0.2) is 5.58 Å². The zero-order valence-electron chi connectivity index (χ0n) is 26.1. The molecule has 1 aromatic heterocycles. The van der Waals surface area contributed by atoms with Gasteiger partial charge < -0.3 is 14.1 Å². The Labute approximate surface area is 278 Å². The second-order valence-electron chi connectivity index (χ2n) is 11.3. The SMILES string of the molecule is CCN1/C(=C\C=C2\SC(=S)N(CCCCCC(=O)OC(C)C)C2=O)N(c2ccccc2)c2ccc(-c3nc4ccccc4o3)cc21. The van der Waals surface area contributed by atoms with E-state index in [-0.39, 0.29) is 18.0 Å². The molecule has 0 bridgehead atoms. The van der Waals surface area contributed by atoms with Crippen molar-refractivity contribution in [2.75, 3.05) is 22.9 Å². The smallest absolute Gasteiger partial charge is 0.306 e. The number of benzene rings is 3. The number of allylic oxidation sites excluding steroid dienone is 2. The molecule has 6 rings (SSSR count). The van der Waals surface area contributed by atoms with Crippen molar-refractivity contribution in [3.05, 3.63) is 95.7 Å². The molecule has 1 fully saturated rings. The number of carbonyl (C=O) groups excluding carboxylic acids is 2. The Balaban J connectivity index is 1.24. The number of thiocarbonyl (C=S) groups is 1. The molecule has 3 heterocycles. The molecule has 2 aliphatic heterocycles. The Morgan fingerprint density at radius 2 is 1.76 bits per heavy atom. The molecule has 236 valence electrons. The van der Waals surface area contributed by atoms with Gasteiger partial charge in [-0.1, -0.05) is 60.7 Å². The van der Waals surface area contributed by atoms with E-state index in [9.17, 15) is 9.59 Å². The molecule has 10 heteroatoms. The Hall–Kier alpha value is -4.41. The summed E-state index contributed by atoms with van der Waals surface area (Å²) in [4.78, 5) is 36.6. The molecule has 1 amide bonds. The van der Waals surface area contributed by atoms with Crippen LogP contribution in [-0.2, 0) is 14.3 Å². The topological polar surface area (TPSA) is 79.1 Å². The van der Waals surface area contributed by atoms with E-state index >= 15 is 0 Å². The number of hydrogen-bond acceptors (Lipinski definition) is 9. The highest BCUT2D eigenvalue weighted by atomic mass is 32.2. The fraction of sp³-hybridized carbons (Fsp3) is 0.278. The number of ether oxygens (including phenoxy) is 1. The maximum atomic E-state index is 13.4. The van der Waals surface area contributed by atoms with Crippen molar-refractivity contribution in [1.29, 1.82) is 0 Å². The summed E-state index contributed by atoms with van der Waals surface area (Å²) in [6, 6.07) is 24.2. The Bertz CT molecular complexity index is 1800. The lowest BCUT2D eigenvalue weighted by Gasteiger charge is -2.24. The van der Waals surface area contributed by atoms with Gasteiger partial charge in [-0.05, 0) is 88.2 Å². The van der Waals surface area contributed by atoms with E-state index in [1.54, 1.807) is 4.90 Å². The number of rotatable bonds is 11. The summed E-state index contributed by atoms with van der Waals surface area (Å²) in [6.07, 6.45) is 6.45. The lowest BCUT2D eigenvalue weighted by molar-refractivity contribution is -0.147. The van der Waals surface area contributed by atoms with E-state index in [2.05, 4.69) is 41.0 Å². The highest BCUT2D eigenvalue weighted by molar-refractivity contribution is 8.26. The minimum atomic E-state index is -0.182. The average molecular weight is 653 g/mol. The van der Waals surface area contributed by atoms with Gasteiger partial charge in [-0.25, -0.2) is 4.98 Å². The number of oxazole rings is 1. The summed E-state index contributed by atoms with van der Waals surface area (Å²) in [5, 5.41) is 0. The Kier molecular flexibility index (Phi) is 9.56. The molecule has 0 spiro atoms. The normalized spacial score (nSPS) is 16.5. The van der Waals surface area contributed by atoms with E-state index in [1.165, 1.54) is 11.8 Å². The fourth-order valence-corrected chi connectivity index (χ4v) is 6.91. The van der Waals surface area contributed by atoms with Gasteiger partial charge in [-0.2, -0.15) is 0 Å². The number of hydrogen-bond donors (Lipinski definition) is 0. The third-order valence-corrected chi connectivity index (χ3v) is 9.17. The second kappa shape index (κ2) is 13.9. The van der Waals surface area contributed by atoms with Crippen LogP contribution in [-0.4, -0.2) is 45.3 Å². The van der Waals surface area contributed by atoms with Crippen LogP contribution in [0.2, 0.25) is 0 Å². The first kappa shape index (κ1) is 31.6. The van der Waals surface area contributed by atoms with E-state index in [0.717, 1.165) is 58.8 Å². The molecule has 4 aromatic rings. The third-order valence-electron chi connectivity index (χ3n) is 7.77. The molecule has 0 radical (unpaired) electrons. The first-order valence-corrected chi connectivity index (χ1v) is 16.8. The van der Waals surface area contributed by atoms with Gasteiger partial charge in [0.2, 0.25) is 5.89 Å². The lowest BCUT2D eigenvalue weighted by Crippen LogP contribution is -2.29. The molecule has 0 unspecified atom stereocenters. The Morgan fingerprint density at radius 3 is 2.52 bits per heavy atom. The summed E-state index contributed by atoms with van der Waals surface area (Å²) >= 11 is 6.92. The fourth-order valence-electron chi connectivity index (χ4n) is 5.67. The van der Waals surface area contributed by atoms with Gasteiger partial charge in [0.1, 0.15) is 15.7 Å². The summed E-state index contributed by atoms with van der Waals surface area (Å²) in [7, 11) is 0. The maximum Gasteiger partial charge on any atom is 0.306 e. The van der Waals surface area contributed by atoms with Gasteiger partial charge in [0.25, 0.3) is 5.91 Å². The number of esters is 1. The second-order valence-corrected chi connectivity index (χ2v) is 13.0. The average Bonchev–Trinajstić information content (AvgIpc) is 3.70. The van der Waals surface area contributed by atoms with Gasteiger partial charge in [-0.3, -0.25) is 19.4 Å². The number of thioether (sulfide) groups is 1. The molecule has 0 atom stereocenters. The number of carbonyl (C=O) groups is 2. The summed E-state index contributed by atoms with van der Waals surface area (Å²) in [5.74, 6) is 1.23. The van der Waals surface area contributed by atoms with Crippen LogP contribution < -0.4 is 9.80 Å². The molecule has 0 saturated carbocycles. The van der Waals surface area contributed by atoms with Crippen LogP contribution in [0.5, 0.6) is 0 Å². The minimum Gasteiger partial charge on any atom is -0.463 e. The molecule has 46 heavy (non-hydrogen) atoms. The standard InChI is InChI=1S/C36H36N4O4S2/c1-4-38-29-23-25(34-37-27-15-10-11-16-30(27)44-34)18-19-28(29)40(26-13-7-5-8-14-26)32(38)21-20-31-35(42)39(36(45)46-31)22-12-6-9-17-33(41)43-24(2)3/h5,7-8,10-11,13-16,18-21,23-24H,4,6,9,12,17,22H2,1-3H3/b31-20+,32-21+. The van der Waals surface area contributed by atoms with Crippen LogP contribution in [0.1, 0.15) is 46.5 Å². The van der Waals surface area contributed by atoms with Gasteiger partial charge in [0, 0.05) is 30.8 Å². The van der Waals surface area contributed by atoms with Crippen LogP contribution in [0.25, 0.3) is 22.6 Å². The van der Waals surface area contributed by atoms with Gasteiger partial charge in [-0.15, -0.1) is 0 Å². The molecule has 2 aliphatic rings. The predicted octanol–water partition coefficient (Wildman–Crippen LogP) is 8.57. The molecular formula is C36H36N4O4S2. The van der Waals surface area contributed by atoms with Crippen molar-refractivity contribution in [3.63, 3.8) is 0 Å². The van der Waals surface area contributed by atoms with E-state index < -0.39 is 0 Å². The quantitative estimate of drug-likeness (QED) is 0.0685. The molecule has 1 saturated heterocycles. The molecule has 3 aromatic carbocycles. The number of nitrogens with zero attached hydrogens (tertiary/aromatic N) is 4. The van der Waals surface area contributed by atoms with Crippen LogP contribution in [0.15, 0.2) is 100 Å². The zero-order chi connectivity index (χ0) is 32.2. The lowest BCUT2D eigenvalue weighted by atomic mass is 10.1. The molecular weight excluding hydrogens is 617 g/mol. The summed E-state index contributed by atoms with van der Waals surface area (Å²) < 4.78 is 11.8. The zero-order valence-corrected chi connectivity index (χ0v) is 27.8. The largest absolute Gasteiger partial charge is 0.463 e. The van der Waals surface area contributed by atoms with Crippen molar-refractivity contribution in [2.45, 2.75) is 52.6 Å². The number of para-hydroxylation sites is 3. The van der Waals surface area contributed by atoms with Crippen LogP contribution in [0.4, 0.5) is 17.1 Å². The summed E-state index contributed by atoms with van der Waals surface area (Å²) in [6.45, 7) is 7.04. The predicted molar refractivity (Wildman–Crippen MR) is 189 cm³/mol. The van der Waals surface area contributed by atoms with Crippen molar-refractivity contribution in [3.8, 4) is 11.5 Å². The maximum absolute atomic E-state index is 13.4. The molecule has 8 nitrogen and oxygen atoms in total. The molecule has 0 aliphatic carbocycles. The first-order chi connectivity index (χ1) is 22.3. The first-order valence-electron chi connectivity index (χ1n) is 15.6. The van der Waals surface area contributed by atoms with Crippen molar-refractivity contribution in [1.82, 2.24) is 9.88 Å². The number of amides is 1. The summed E-state index contributed by atoms with van der Waals surface area (Å²) in [5.41, 5.74) is 5.52. The third kappa shape index (κ3) is 6.59. The van der Waals surface area contributed by atoms with Gasteiger partial charge >= 0.3 is 5.97 Å². The van der Waals surface area contributed by atoms with Crippen molar-refractivity contribution >= 4 is 68.3 Å². The number of fused-ring (bicyclic) bond motifs is 2. The van der Waals surface area contributed by atoms with Crippen LogP contribution in [0, 0.1) is 0 Å². The van der Waals surface area contributed by atoms with Crippen molar-refractivity contribution in [2.24, 2.45) is 0 Å². The molecule has 0 N–H and O–H groups in total. The minimum absolute atomic E-state index is 0.0888. The highest BCUT2D eigenvalue weighted by Crippen LogP contribution is 2.47. The van der Waals surface area contributed by atoms with Crippen LogP contribution >= 0.6 is 24.0 Å².